The van der Waals surface area contributed by atoms with Crippen molar-refractivity contribution in [3.63, 3.8) is 0 Å². The Kier molecular flexibility index (Phi) is 3.42. The molecule has 2 heterocycles. The SMILES string of the molecule is c1ccc2nc(OCC3CCNCC3)ccc2c1. The summed E-state index contributed by atoms with van der Waals surface area (Å²) in [6, 6.07) is 12.2. The van der Waals surface area contributed by atoms with E-state index >= 15 is 0 Å². The molecule has 18 heavy (non-hydrogen) atoms. The van der Waals surface area contributed by atoms with Crippen LogP contribution in [0.3, 0.4) is 0 Å². The molecule has 1 N–H and O–H groups in total. The molecule has 0 saturated carbocycles. The fraction of sp³-hybridized carbons (Fsp3) is 0.400. The monoisotopic (exact) mass is 242 g/mol. The van der Waals surface area contributed by atoms with Crippen LogP contribution in [-0.4, -0.2) is 24.7 Å². The van der Waals surface area contributed by atoms with Crippen molar-refractivity contribution in [3.05, 3.63) is 36.4 Å². The number of ether oxygens (including phenoxy) is 1. The van der Waals surface area contributed by atoms with Crippen LogP contribution in [0, 0.1) is 5.92 Å². The molecule has 0 bridgehead atoms. The highest BCUT2D eigenvalue weighted by atomic mass is 16.5. The van der Waals surface area contributed by atoms with E-state index in [1.54, 1.807) is 0 Å². The van der Waals surface area contributed by atoms with Crippen LogP contribution in [0.1, 0.15) is 12.8 Å². The largest absolute Gasteiger partial charge is 0.477 e. The van der Waals surface area contributed by atoms with Crippen molar-refractivity contribution in [2.24, 2.45) is 5.92 Å². The van der Waals surface area contributed by atoms with Gasteiger partial charge in [0, 0.05) is 11.5 Å². The van der Waals surface area contributed by atoms with E-state index in [9.17, 15) is 0 Å². The fourth-order valence-electron chi connectivity index (χ4n) is 2.38. The number of hydrogen-bond donors (Lipinski definition) is 1. The standard InChI is InChI=1S/C15H18N2O/c1-2-4-14-13(3-1)5-6-15(17-14)18-11-12-7-9-16-10-8-12/h1-6,12,16H,7-11H2. The Labute approximate surface area is 107 Å². The number of aromatic nitrogens is 1. The van der Waals surface area contributed by atoms with Gasteiger partial charge in [-0.05, 0) is 44.0 Å². The normalized spacial score (nSPS) is 16.9. The Balaban J connectivity index is 1.66. The van der Waals surface area contributed by atoms with Gasteiger partial charge >= 0.3 is 0 Å². The van der Waals surface area contributed by atoms with Gasteiger partial charge in [-0.25, -0.2) is 4.98 Å². The number of nitrogens with zero attached hydrogens (tertiary/aromatic N) is 1. The van der Waals surface area contributed by atoms with Crippen LogP contribution in [0.2, 0.25) is 0 Å². The van der Waals surface area contributed by atoms with Gasteiger partial charge < -0.3 is 10.1 Å². The van der Waals surface area contributed by atoms with Crippen LogP contribution >= 0.6 is 0 Å². The summed E-state index contributed by atoms with van der Waals surface area (Å²) in [5, 5.41) is 4.52. The molecule has 1 fully saturated rings. The first-order valence-corrected chi connectivity index (χ1v) is 6.61. The van der Waals surface area contributed by atoms with E-state index < -0.39 is 0 Å². The third-order valence-electron chi connectivity index (χ3n) is 3.50. The van der Waals surface area contributed by atoms with Crippen LogP contribution in [0.4, 0.5) is 0 Å². The maximum absolute atomic E-state index is 5.81. The number of rotatable bonds is 3. The molecule has 0 atom stereocenters. The maximum Gasteiger partial charge on any atom is 0.213 e. The van der Waals surface area contributed by atoms with Crippen molar-refractivity contribution in [2.75, 3.05) is 19.7 Å². The van der Waals surface area contributed by atoms with Gasteiger partial charge in [-0.2, -0.15) is 0 Å². The van der Waals surface area contributed by atoms with E-state index in [2.05, 4.69) is 22.4 Å². The highest BCUT2D eigenvalue weighted by molar-refractivity contribution is 5.78. The molecule has 3 rings (SSSR count). The van der Waals surface area contributed by atoms with Gasteiger partial charge in [0.2, 0.25) is 5.88 Å². The summed E-state index contributed by atoms with van der Waals surface area (Å²) in [6.07, 6.45) is 2.40. The average Bonchev–Trinajstić information content (AvgIpc) is 2.46. The quantitative estimate of drug-likeness (QED) is 0.898. The van der Waals surface area contributed by atoms with Crippen molar-refractivity contribution in [2.45, 2.75) is 12.8 Å². The van der Waals surface area contributed by atoms with Gasteiger partial charge in [0.05, 0.1) is 12.1 Å². The lowest BCUT2D eigenvalue weighted by molar-refractivity contribution is 0.209. The first kappa shape index (κ1) is 11.5. The maximum atomic E-state index is 5.81. The zero-order valence-electron chi connectivity index (χ0n) is 10.4. The first-order chi connectivity index (χ1) is 8.92. The summed E-state index contributed by atoms with van der Waals surface area (Å²) in [7, 11) is 0. The molecule has 0 spiro atoms. The second kappa shape index (κ2) is 5.36. The van der Waals surface area contributed by atoms with Gasteiger partial charge in [-0.1, -0.05) is 18.2 Å². The smallest absolute Gasteiger partial charge is 0.213 e. The van der Waals surface area contributed by atoms with Gasteiger partial charge in [-0.15, -0.1) is 0 Å². The number of piperidine rings is 1. The molecule has 1 aliphatic rings. The van der Waals surface area contributed by atoms with E-state index in [4.69, 9.17) is 4.74 Å². The number of nitrogens with one attached hydrogen (secondary N) is 1. The summed E-state index contributed by atoms with van der Waals surface area (Å²) in [6.45, 7) is 3.01. The Bertz CT molecular complexity index is 521. The van der Waals surface area contributed by atoms with E-state index in [0.717, 1.165) is 36.5 Å². The Morgan fingerprint density at radius 3 is 2.83 bits per heavy atom. The number of hydrogen-bond acceptors (Lipinski definition) is 3. The fourth-order valence-corrected chi connectivity index (χ4v) is 2.38. The number of fused-ring (bicyclic) bond motifs is 1. The minimum absolute atomic E-state index is 0.666. The zero-order chi connectivity index (χ0) is 12.2. The summed E-state index contributed by atoms with van der Waals surface area (Å²) in [5.41, 5.74) is 1.00. The van der Waals surface area contributed by atoms with E-state index in [1.807, 2.05) is 24.3 Å². The van der Waals surface area contributed by atoms with Crippen LogP contribution in [0.15, 0.2) is 36.4 Å². The lowest BCUT2D eigenvalue weighted by Gasteiger charge is -2.22. The lowest BCUT2D eigenvalue weighted by Crippen LogP contribution is -2.30. The molecule has 0 radical (unpaired) electrons. The second-order valence-corrected chi connectivity index (χ2v) is 4.85. The lowest BCUT2D eigenvalue weighted by atomic mass is 9.99. The van der Waals surface area contributed by atoms with Crippen LogP contribution in [-0.2, 0) is 0 Å². The average molecular weight is 242 g/mol. The van der Waals surface area contributed by atoms with Crippen LogP contribution in [0.25, 0.3) is 10.9 Å². The molecular weight excluding hydrogens is 224 g/mol. The molecule has 0 unspecified atom stereocenters. The Hall–Kier alpha value is -1.61. The Morgan fingerprint density at radius 1 is 1.11 bits per heavy atom. The van der Waals surface area contributed by atoms with Crippen molar-refractivity contribution < 1.29 is 4.74 Å². The first-order valence-electron chi connectivity index (χ1n) is 6.61. The summed E-state index contributed by atoms with van der Waals surface area (Å²) < 4.78 is 5.81. The summed E-state index contributed by atoms with van der Waals surface area (Å²) in [4.78, 5) is 4.52. The highest BCUT2D eigenvalue weighted by Crippen LogP contribution is 2.18. The second-order valence-electron chi connectivity index (χ2n) is 4.85. The minimum atomic E-state index is 0.666. The molecule has 1 aliphatic heterocycles. The topological polar surface area (TPSA) is 34.1 Å². The molecule has 3 heteroatoms. The van der Waals surface area contributed by atoms with Gasteiger partial charge in [0.25, 0.3) is 0 Å². The molecule has 3 nitrogen and oxygen atoms in total. The van der Waals surface area contributed by atoms with E-state index in [0.29, 0.717) is 5.92 Å². The van der Waals surface area contributed by atoms with Crippen LogP contribution < -0.4 is 10.1 Å². The molecule has 1 aromatic heterocycles. The van der Waals surface area contributed by atoms with Crippen molar-refractivity contribution in [3.8, 4) is 5.88 Å². The Morgan fingerprint density at radius 2 is 1.94 bits per heavy atom. The molecule has 94 valence electrons. The van der Waals surface area contributed by atoms with Gasteiger partial charge in [0.1, 0.15) is 0 Å². The zero-order valence-corrected chi connectivity index (χ0v) is 10.4. The molecule has 2 aromatic rings. The predicted octanol–water partition coefficient (Wildman–Crippen LogP) is 2.61. The van der Waals surface area contributed by atoms with Gasteiger partial charge in [0.15, 0.2) is 0 Å². The van der Waals surface area contributed by atoms with Crippen molar-refractivity contribution in [1.29, 1.82) is 0 Å². The predicted molar refractivity (Wildman–Crippen MR) is 72.8 cm³/mol. The molecule has 0 amide bonds. The third-order valence-corrected chi connectivity index (χ3v) is 3.50. The van der Waals surface area contributed by atoms with Crippen molar-refractivity contribution >= 4 is 10.9 Å². The minimum Gasteiger partial charge on any atom is -0.477 e. The molecular formula is C15H18N2O. The van der Waals surface area contributed by atoms with Crippen LogP contribution in [0.5, 0.6) is 5.88 Å². The third kappa shape index (κ3) is 2.62. The van der Waals surface area contributed by atoms with Gasteiger partial charge in [-0.3, -0.25) is 0 Å². The van der Waals surface area contributed by atoms with E-state index in [1.165, 1.54) is 12.8 Å². The molecule has 1 aromatic carbocycles. The number of benzene rings is 1. The number of pyridine rings is 1. The van der Waals surface area contributed by atoms with E-state index in [-0.39, 0.29) is 0 Å². The summed E-state index contributed by atoms with van der Waals surface area (Å²) >= 11 is 0. The molecule has 0 aliphatic carbocycles. The summed E-state index contributed by atoms with van der Waals surface area (Å²) in [5.74, 6) is 1.41. The molecule has 1 saturated heterocycles. The highest BCUT2D eigenvalue weighted by Gasteiger charge is 2.13. The van der Waals surface area contributed by atoms with Crippen molar-refractivity contribution in [1.82, 2.24) is 10.3 Å². The number of para-hydroxylation sites is 1.